The van der Waals surface area contributed by atoms with Gasteiger partial charge in [0.1, 0.15) is 0 Å². The summed E-state index contributed by atoms with van der Waals surface area (Å²) in [6.07, 6.45) is 4.91. The van der Waals surface area contributed by atoms with Crippen molar-refractivity contribution in [3.63, 3.8) is 0 Å². The summed E-state index contributed by atoms with van der Waals surface area (Å²) in [4.78, 5) is 14.6. The molecule has 1 aliphatic heterocycles. The van der Waals surface area contributed by atoms with Crippen LogP contribution in [0.3, 0.4) is 0 Å². The molecule has 0 bridgehead atoms. The van der Waals surface area contributed by atoms with Crippen LogP contribution < -0.4 is 5.73 Å². The average Bonchev–Trinajstić information content (AvgIpc) is 2.48. The number of rotatable bonds is 5. The molecule has 4 heteroatoms. The average molecular weight is 270 g/mol. The molecule has 1 fully saturated rings. The van der Waals surface area contributed by atoms with E-state index in [0.717, 1.165) is 32.4 Å². The van der Waals surface area contributed by atoms with Gasteiger partial charge in [0, 0.05) is 24.9 Å². The lowest BCUT2D eigenvalue weighted by molar-refractivity contribution is -0.130. The van der Waals surface area contributed by atoms with E-state index in [9.17, 15) is 4.79 Å². The van der Waals surface area contributed by atoms with Gasteiger partial charge in [-0.15, -0.1) is 0 Å². The van der Waals surface area contributed by atoms with Crippen molar-refractivity contribution in [2.24, 2.45) is 17.1 Å². The fraction of sp³-hybridized carbons (Fsp3) is 0.857. The Morgan fingerprint density at radius 1 is 1.50 bits per heavy atom. The maximum Gasteiger partial charge on any atom is 0.222 e. The fourth-order valence-corrected chi connectivity index (χ4v) is 2.38. The van der Waals surface area contributed by atoms with E-state index >= 15 is 0 Å². The Morgan fingerprint density at radius 3 is 2.72 bits per heavy atom. The third-order valence-electron chi connectivity index (χ3n) is 4.18. The molecule has 1 aliphatic rings. The van der Waals surface area contributed by atoms with Crippen molar-refractivity contribution >= 4 is 23.1 Å². The van der Waals surface area contributed by atoms with Crippen molar-refractivity contribution in [3.8, 4) is 0 Å². The second-order valence-electron chi connectivity index (χ2n) is 5.98. The van der Waals surface area contributed by atoms with Crippen LogP contribution in [-0.2, 0) is 4.79 Å². The van der Waals surface area contributed by atoms with E-state index < -0.39 is 0 Å². The number of nitrogens with zero attached hydrogens (tertiary/aromatic N) is 1. The van der Waals surface area contributed by atoms with Crippen molar-refractivity contribution < 1.29 is 4.79 Å². The van der Waals surface area contributed by atoms with Crippen LogP contribution in [0.25, 0.3) is 0 Å². The molecule has 0 aliphatic carbocycles. The summed E-state index contributed by atoms with van der Waals surface area (Å²) in [5.41, 5.74) is 5.56. The van der Waals surface area contributed by atoms with Gasteiger partial charge in [-0.1, -0.05) is 39.4 Å². The number of thiocarbonyl (C=S) groups is 1. The zero-order valence-corrected chi connectivity index (χ0v) is 12.7. The van der Waals surface area contributed by atoms with Crippen LogP contribution in [0.2, 0.25) is 0 Å². The fourth-order valence-electron chi connectivity index (χ4n) is 2.28. The zero-order valence-electron chi connectivity index (χ0n) is 11.9. The maximum absolute atomic E-state index is 12.0. The molecule has 1 amide bonds. The highest BCUT2D eigenvalue weighted by atomic mass is 32.1. The minimum Gasteiger partial charge on any atom is -0.393 e. The maximum atomic E-state index is 12.0. The van der Waals surface area contributed by atoms with Crippen molar-refractivity contribution in [1.29, 1.82) is 0 Å². The third kappa shape index (κ3) is 4.23. The minimum atomic E-state index is -0.161. The molecule has 18 heavy (non-hydrogen) atoms. The Balaban J connectivity index is 2.51. The minimum absolute atomic E-state index is 0.161. The van der Waals surface area contributed by atoms with E-state index in [1.807, 2.05) is 18.7 Å². The predicted octanol–water partition coefficient (Wildman–Crippen LogP) is 2.73. The van der Waals surface area contributed by atoms with Crippen molar-refractivity contribution in [2.75, 3.05) is 13.1 Å². The molecule has 1 rings (SSSR count). The number of nitrogens with two attached hydrogens (primary N) is 1. The normalized spacial score (nSPS) is 21.8. The molecule has 0 radical (unpaired) electrons. The number of carbonyl (C=O) groups is 1. The Kier molecular flexibility index (Phi) is 5.57. The first kappa shape index (κ1) is 15.4. The van der Waals surface area contributed by atoms with Gasteiger partial charge in [-0.3, -0.25) is 4.79 Å². The van der Waals surface area contributed by atoms with Gasteiger partial charge in [0.25, 0.3) is 0 Å². The summed E-state index contributed by atoms with van der Waals surface area (Å²) in [6, 6.07) is 0. The first-order valence-electron chi connectivity index (χ1n) is 6.94. The molecular formula is C14H26N2OS. The molecule has 0 saturated carbocycles. The van der Waals surface area contributed by atoms with Crippen LogP contribution in [0, 0.1) is 11.3 Å². The Bertz CT molecular complexity index is 315. The van der Waals surface area contributed by atoms with E-state index in [4.69, 9.17) is 18.0 Å². The number of likely N-dealkylation sites (tertiary alicyclic amines) is 1. The molecule has 0 aromatic heterocycles. The van der Waals surface area contributed by atoms with Crippen LogP contribution >= 0.6 is 12.2 Å². The van der Waals surface area contributed by atoms with Crippen molar-refractivity contribution in [2.45, 2.75) is 52.9 Å². The number of hydrogen-bond donors (Lipinski definition) is 1. The van der Waals surface area contributed by atoms with E-state index in [1.165, 1.54) is 6.42 Å². The third-order valence-corrected chi connectivity index (χ3v) is 4.73. The van der Waals surface area contributed by atoms with Gasteiger partial charge in [0.15, 0.2) is 0 Å². The second-order valence-corrected chi connectivity index (χ2v) is 6.42. The van der Waals surface area contributed by atoms with E-state index in [0.29, 0.717) is 23.2 Å². The predicted molar refractivity (Wildman–Crippen MR) is 79.4 cm³/mol. The molecule has 3 nitrogen and oxygen atoms in total. The quantitative estimate of drug-likeness (QED) is 0.781. The molecule has 1 saturated heterocycles. The number of amides is 1. The monoisotopic (exact) mass is 270 g/mol. The van der Waals surface area contributed by atoms with Crippen LogP contribution in [0.4, 0.5) is 0 Å². The highest BCUT2D eigenvalue weighted by Gasteiger charge is 2.26. The van der Waals surface area contributed by atoms with Crippen LogP contribution in [0.5, 0.6) is 0 Å². The van der Waals surface area contributed by atoms with Crippen LogP contribution in [0.15, 0.2) is 0 Å². The summed E-state index contributed by atoms with van der Waals surface area (Å²) < 4.78 is 0. The summed E-state index contributed by atoms with van der Waals surface area (Å²) in [6.45, 7) is 7.98. The van der Waals surface area contributed by atoms with Crippen molar-refractivity contribution in [1.82, 2.24) is 4.90 Å². The van der Waals surface area contributed by atoms with Gasteiger partial charge in [-0.2, -0.15) is 0 Å². The first-order valence-corrected chi connectivity index (χ1v) is 7.35. The highest BCUT2D eigenvalue weighted by Crippen LogP contribution is 2.24. The molecule has 0 spiro atoms. The van der Waals surface area contributed by atoms with Crippen molar-refractivity contribution in [3.05, 3.63) is 0 Å². The molecule has 1 heterocycles. The van der Waals surface area contributed by atoms with Gasteiger partial charge >= 0.3 is 0 Å². The lowest BCUT2D eigenvalue weighted by Gasteiger charge is -2.28. The molecule has 104 valence electrons. The van der Waals surface area contributed by atoms with Gasteiger partial charge in [-0.25, -0.2) is 0 Å². The summed E-state index contributed by atoms with van der Waals surface area (Å²) in [5.74, 6) is 1.01. The molecule has 1 atom stereocenters. The van der Waals surface area contributed by atoms with Gasteiger partial charge < -0.3 is 10.6 Å². The van der Waals surface area contributed by atoms with Gasteiger partial charge in [0.05, 0.1) is 4.99 Å². The summed E-state index contributed by atoms with van der Waals surface area (Å²) >= 11 is 5.07. The Hall–Kier alpha value is -0.640. The second kappa shape index (κ2) is 6.50. The van der Waals surface area contributed by atoms with Crippen LogP contribution in [0.1, 0.15) is 52.9 Å². The topological polar surface area (TPSA) is 46.3 Å². The lowest BCUT2D eigenvalue weighted by Crippen LogP contribution is -2.37. The smallest absolute Gasteiger partial charge is 0.222 e. The van der Waals surface area contributed by atoms with Crippen LogP contribution in [-0.4, -0.2) is 28.9 Å². The Morgan fingerprint density at radius 2 is 2.17 bits per heavy atom. The standard InChI is InChI=1S/C14H26N2OS/c1-4-11-5-6-12(17)16(9-7-11)10-8-14(2,3)13(15)18/h11H,4-10H2,1-3H3,(H2,15,18). The SMILES string of the molecule is CCC1CCC(=O)N(CCC(C)(C)C(N)=S)CC1. The zero-order chi connectivity index (χ0) is 13.8. The summed E-state index contributed by atoms with van der Waals surface area (Å²) in [7, 11) is 0. The molecule has 1 unspecified atom stereocenters. The summed E-state index contributed by atoms with van der Waals surface area (Å²) in [5, 5.41) is 0. The molecule has 2 N–H and O–H groups in total. The highest BCUT2D eigenvalue weighted by molar-refractivity contribution is 7.80. The number of carbonyl (C=O) groups excluding carboxylic acids is 1. The Labute approximate surface area is 116 Å². The number of hydrogen-bond acceptors (Lipinski definition) is 2. The molecule has 0 aromatic carbocycles. The largest absolute Gasteiger partial charge is 0.393 e. The first-order chi connectivity index (χ1) is 8.36. The molecule has 0 aromatic rings. The lowest BCUT2D eigenvalue weighted by atomic mass is 9.89. The van der Waals surface area contributed by atoms with E-state index in [1.54, 1.807) is 0 Å². The molecular weight excluding hydrogens is 244 g/mol. The van der Waals surface area contributed by atoms with E-state index in [2.05, 4.69) is 6.92 Å². The van der Waals surface area contributed by atoms with Gasteiger partial charge in [-0.05, 0) is 25.2 Å². The van der Waals surface area contributed by atoms with Gasteiger partial charge in [0.2, 0.25) is 5.91 Å². The van der Waals surface area contributed by atoms with E-state index in [-0.39, 0.29) is 5.41 Å².